The van der Waals surface area contributed by atoms with Gasteiger partial charge in [0.25, 0.3) is 0 Å². The normalized spacial score (nSPS) is 21.3. The lowest BCUT2D eigenvalue weighted by Gasteiger charge is -2.36. The predicted octanol–water partition coefficient (Wildman–Crippen LogP) is 2.64. The summed E-state index contributed by atoms with van der Waals surface area (Å²) in [5.74, 6) is 2.55. The molecule has 2 heterocycles. The van der Waals surface area contributed by atoms with Crippen molar-refractivity contribution in [2.45, 2.75) is 32.7 Å². The van der Waals surface area contributed by atoms with Gasteiger partial charge in [0.1, 0.15) is 11.5 Å². The molecule has 3 rings (SSSR count). The van der Waals surface area contributed by atoms with Gasteiger partial charge in [0, 0.05) is 44.8 Å². The van der Waals surface area contributed by atoms with Gasteiger partial charge in [0.05, 0.1) is 26.8 Å². The average molecular weight is 390 g/mol. The zero-order chi connectivity index (χ0) is 20.1. The molecule has 2 aliphatic heterocycles. The molecule has 0 aromatic heterocycles. The van der Waals surface area contributed by atoms with E-state index < -0.39 is 0 Å². The highest BCUT2D eigenvalue weighted by Crippen LogP contribution is 2.39. The maximum atomic E-state index is 13.1. The van der Waals surface area contributed by atoms with E-state index in [-0.39, 0.29) is 11.9 Å². The third-order valence-corrected chi connectivity index (χ3v) is 5.82. The topological polar surface area (TPSA) is 45.3 Å². The summed E-state index contributed by atoms with van der Waals surface area (Å²) in [7, 11) is 3.35. The largest absolute Gasteiger partial charge is 0.497 e. The highest BCUT2D eigenvalue weighted by atomic mass is 16.5. The Kier molecular flexibility index (Phi) is 7.18. The maximum absolute atomic E-state index is 13.1. The van der Waals surface area contributed by atoms with Gasteiger partial charge in [0.15, 0.2) is 0 Å². The standard InChI is InChI=1S/C22H35N3O3/c1-17(2)15-23-10-12-24(13-11-23)16-22(26)25-9-5-6-20(25)19-14-18(27-3)7-8-21(19)28-4/h7-8,14,17,20H,5-6,9-13,15-16H2,1-4H3. The minimum atomic E-state index is 0.0692. The minimum Gasteiger partial charge on any atom is -0.497 e. The van der Waals surface area contributed by atoms with Crippen molar-refractivity contribution < 1.29 is 14.3 Å². The fraction of sp³-hybridized carbons (Fsp3) is 0.682. The molecular weight excluding hydrogens is 354 g/mol. The molecule has 0 radical (unpaired) electrons. The molecule has 0 aliphatic carbocycles. The smallest absolute Gasteiger partial charge is 0.237 e. The number of ether oxygens (including phenoxy) is 2. The third kappa shape index (κ3) is 4.97. The molecule has 28 heavy (non-hydrogen) atoms. The molecule has 0 spiro atoms. The van der Waals surface area contributed by atoms with Crippen LogP contribution in [0.4, 0.5) is 0 Å². The molecular formula is C22H35N3O3. The number of carbonyl (C=O) groups excluding carboxylic acids is 1. The number of hydrogen-bond acceptors (Lipinski definition) is 5. The number of likely N-dealkylation sites (tertiary alicyclic amines) is 1. The number of piperazine rings is 1. The summed E-state index contributed by atoms with van der Waals surface area (Å²) in [5, 5.41) is 0. The van der Waals surface area contributed by atoms with Crippen LogP contribution in [0.2, 0.25) is 0 Å². The Morgan fingerprint density at radius 2 is 1.79 bits per heavy atom. The zero-order valence-corrected chi connectivity index (χ0v) is 17.8. The Balaban J connectivity index is 1.63. The number of nitrogens with zero attached hydrogens (tertiary/aromatic N) is 3. The van der Waals surface area contributed by atoms with Gasteiger partial charge in [-0.05, 0) is 37.0 Å². The second-order valence-corrected chi connectivity index (χ2v) is 8.32. The second kappa shape index (κ2) is 9.61. The van der Waals surface area contributed by atoms with Crippen LogP contribution in [-0.2, 0) is 4.79 Å². The van der Waals surface area contributed by atoms with Gasteiger partial charge in [-0.1, -0.05) is 13.8 Å². The van der Waals surface area contributed by atoms with Crippen molar-refractivity contribution >= 4 is 5.91 Å². The van der Waals surface area contributed by atoms with Crippen molar-refractivity contribution in [2.24, 2.45) is 5.92 Å². The molecule has 1 atom stereocenters. The fourth-order valence-corrected chi connectivity index (χ4v) is 4.42. The lowest BCUT2D eigenvalue weighted by atomic mass is 10.0. The highest BCUT2D eigenvalue weighted by Gasteiger charge is 2.33. The molecule has 1 aromatic carbocycles. The number of carbonyl (C=O) groups is 1. The van der Waals surface area contributed by atoms with Crippen LogP contribution < -0.4 is 9.47 Å². The summed E-state index contributed by atoms with van der Waals surface area (Å²) in [4.78, 5) is 20.0. The number of hydrogen-bond donors (Lipinski definition) is 0. The van der Waals surface area contributed by atoms with E-state index in [9.17, 15) is 4.79 Å². The van der Waals surface area contributed by atoms with Crippen LogP contribution in [0.5, 0.6) is 11.5 Å². The Bertz CT molecular complexity index is 656. The summed E-state index contributed by atoms with van der Waals surface area (Å²) in [6.07, 6.45) is 2.00. The Morgan fingerprint density at radius 3 is 2.43 bits per heavy atom. The first-order chi connectivity index (χ1) is 13.5. The quantitative estimate of drug-likeness (QED) is 0.717. The summed E-state index contributed by atoms with van der Waals surface area (Å²) in [5.41, 5.74) is 1.05. The van der Waals surface area contributed by atoms with Crippen LogP contribution in [0.25, 0.3) is 0 Å². The highest BCUT2D eigenvalue weighted by molar-refractivity contribution is 5.79. The SMILES string of the molecule is COc1ccc(OC)c(C2CCCN2C(=O)CN2CCN(CC(C)C)CC2)c1. The summed E-state index contributed by atoms with van der Waals surface area (Å²) in [6.45, 7) is 11.0. The van der Waals surface area contributed by atoms with Crippen LogP contribution in [0.1, 0.15) is 38.3 Å². The van der Waals surface area contributed by atoms with E-state index in [1.807, 2.05) is 23.1 Å². The Labute approximate surface area is 169 Å². The summed E-state index contributed by atoms with van der Waals surface area (Å²) >= 11 is 0. The number of rotatable bonds is 7. The summed E-state index contributed by atoms with van der Waals surface area (Å²) in [6, 6.07) is 5.92. The first-order valence-corrected chi connectivity index (χ1v) is 10.5. The van der Waals surface area contributed by atoms with Gasteiger partial charge in [-0.15, -0.1) is 0 Å². The van der Waals surface area contributed by atoms with E-state index in [2.05, 4.69) is 23.6 Å². The lowest BCUT2D eigenvalue weighted by molar-refractivity contribution is -0.133. The van der Waals surface area contributed by atoms with Crippen LogP contribution in [0.15, 0.2) is 18.2 Å². The minimum absolute atomic E-state index is 0.0692. The van der Waals surface area contributed by atoms with E-state index in [0.717, 1.165) is 69.2 Å². The molecule has 1 amide bonds. The van der Waals surface area contributed by atoms with E-state index >= 15 is 0 Å². The van der Waals surface area contributed by atoms with Gasteiger partial charge < -0.3 is 19.3 Å². The molecule has 156 valence electrons. The number of amides is 1. The molecule has 0 saturated carbocycles. The fourth-order valence-electron chi connectivity index (χ4n) is 4.42. The van der Waals surface area contributed by atoms with E-state index in [1.165, 1.54) is 0 Å². The number of benzene rings is 1. The number of methoxy groups -OCH3 is 2. The van der Waals surface area contributed by atoms with Crippen LogP contribution in [0.3, 0.4) is 0 Å². The zero-order valence-electron chi connectivity index (χ0n) is 17.8. The molecule has 2 aliphatic rings. The molecule has 2 saturated heterocycles. The lowest BCUT2D eigenvalue weighted by Crippen LogP contribution is -2.50. The van der Waals surface area contributed by atoms with Gasteiger partial charge in [-0.3, -0.25) is 9.69 Å². The van der Waals surface area contributed by atoms with Gasteiger partial charge >= 0.3 is 0 Å². The summed E-state index contributed by atoms with van der Waals surface area (Å²) < 4.78 is 11.0. The van der Waals surface area contributed by atoms with Crippen molar-refractivity contribution in [3.63, 3.8) is 0 Å². The third-order valence-electron chi connectivity index (χ3n) is 5.82. The predicted molar refractivity (Wildman–Crippen MR) is 111 cm³/mol. The second-order valence-electron chi connectivity index (χ2n) is 8.32. The molecule has 6 heteroatoms. The van der Waals surface area contributed by atoms with Crippen LogP contribution >= 0.6 is 0 Å². The van der Waals surface area contributed by atoms with E-state index in [4.69, 9.17) is 9.47 Å². The molecule has 0 bridgehead atoms. The van der Waals surface area contributed by atoms with Crippen molar-refractivity contribution in [1.29, 1.82) is 0 Å². The van der Waals surface area contributed by atoms with E-state index in [1.54, 1.807) is 14.2 Å². The van der Waals surface area contributed by atoms with Gasteiger partial charge in [0.2, 0.25) is 5.91 Å². The molecule has 0 N–H and O–H groups in total. The van der Waals surface area contributed by atoms with Gasteiger partial charge in [-0.2, -0.15) is 0 Å². The Hall–Kier alpha value is -1.79. The van der Waals surface area contributed by atoms with E-state index in [0.29, 0.717) is 12.5 Å². The first-order valence-electron chi connectivity index (χ1n) is 10.5. The average Bonchev–Trinajstić information content (AvgIpc) is 3.18. The van der Waals surface area contributed by atoms with Crippen LogP contribution in [0, 0.1) is 5.92 Å². The molecule has 2 fully saturated rings. The Morgan fingerprint density at radius 1 is 1.07 bits per heavy atom. The van der Waals surface area contributed by atoms with Crippen molar-refractivity contribution in [2.75, 3.05) is 60.0 Å². The first kappa shape index (κ1) is 20.9. The van der Waals surface area contributed by atoms with Crippen LogP contribution in [-0.4, -0.2) is 80.6 Å². The van der Waals surface area contributed by atoms with Crippen molar-refractivity contribution in [1.82, 2.24) is 14.7 Å². The van der Waals surface area contributed by atoms with Crippen molar-refractivity contribution in [3.05, 3.63) is 23.8 Å². The maximum Gasteiger partial charge on any atom is 0.237 e. The van der Waals surface area contributed by atoms with Crippen molar-refractivity contribution in [3.8, 4) is 11.5 Å². The molecule has 1 aromatic rings. The van der Waals surface area contributed by atoms with Gasteiger partial charge in [-0.25, -0.2) is 0 Å². The molecule has 6 nitrogen and oxygen atoms in total. The monoisotopic (exact) mass is 389 g/mol. The molecule has 1 unspecified atom stereocenters.